The summed E-state index contributed by atoms with van der Waals surface area (Å²) < 4.78 is 38.6. The Hall–Kier alpha value is -1.83. The van der Waals surface area contributed by atoms with Crippen LogP contribution in [-0.2, 0) is 4.79 Å². The van der Waals surface area contributed by atoms with Crippen molar-refractivity contribution >= 4 is 12.6 Å². The Bertz CT molecular complexity index is 463. The average molecular weight is 318 g/mol. The number of piperazine rings is 1. The molecule has 5 nitrogen and oxygen atoms in total. The SMILES string of the molecule is C=NCN1CCN(C(=O)C(=C)/C=C(\N(C)C)C(F)(F)F)CC1. The van der Waals surface area contributed by atoms with Crippen molar-refractivity contribution in [3.05, 3.63) is 23.9 Å². The Balaban J connectivity index is 2.73. The summed E-state index contributed by atoms with van der Waals surface area (Å²) in [5, 5.41) is 0. The number of amides is 1. The van der Waals surface area contributed by atoms with Crippen LogP contribution in [-0.4, -0.2) is 80.4 Å². The van der Waals surface area contributed by atoms with Gasteiger partial charge in [0, 0.05) is 45.8 Å². The van der Waals surface area contributed by atoms with E-state index in [0.717, 1.165) is 11.0 Å². The highest BCUT2D eigenvalue weighted by molar-refractivity contribution is 5.95. The highest BCUT2D eigenvalue weighted by atomic mass is 19.4. The fraction of sp³-hybridized carbons (Fsp3) is 0.571. The largest absolute Gasteiger partial charge is 0.431 e. The van der Waals surface area contributed by atoms with Gasteiger partial charge >= 0.3 is 6.18 Å². The van der Waals surface area contributed by atoms with E-state index in [1.165, 1.54) is 19.0 Å². The third-order valence-electron chi connectivity index (χ3n) is 3.32. The first-order chi connectivity index (χ1) is 10.2. The van der Waals surface area contributed by atoms with Crippen molar-refractivity contribution in [1.82, 2.24) is 14.7 Å². The molecule has 0 spiro atoms. The second-order valence-corrected chi connectivity index (χ2v) is 5.22. The highest BCUT2D eigenvalue weighted by Gasteiger charge is 2.36. The predicted molar refractivity (Wildman–Crippen MR) is 79.5 cm³/mol. The summed E-state index contributed by atoms with van der Waals surface area (Å²) in [5.74, 6) is -0.477. The molecule has 1 rings (SSSR count). The van der Waals surface area contributed by atoms with Gasteiger partial charge < -0.3 is 9.80 Å². The summed E-state index contributed by atoms with van der Waals surface area (Å²) in [5.41, 5.74) is -1.07. The van der Waals surface area contributed by atoms with Gasteiger partial charge in [-0.15, -0.1) is 0 Å². The molecule has 124 valence electrons. The number of nitrogens with zero attached hydrogens (tertiary/aromatic N) is 4. The van der Waals surface area contributed by atoms with Crippen molar-refractivity contribution in [2.45, 2.75) is 6.18 Å². The predicted octanol–water partition coefficient (Wildman–Crippen LogP) is 1.35. The fourth-order valence-electron chi connectivity index (χ4n) is 2.13. The summed E-state index contributed by atoms with van der Waals surface area (Å²) in [4.78, 5) is 20.4. The third-order valence-corrected chi connectivity index (χ3v) is 3.32. The van der Waals surface area contributed by atoms with Gasteiger partial charge in [0.2, 0.25) is 0 Å². The lowest BCUT2D eigenvalue weighted by Gasteiger charge is -2.34. The van der Waals surface area contributed by atoms with Gasteiger partial charge in [0.1, 0.15) is 5.70 Å². The van der Waals surface area contributed by atoms with Gasteiger partial charge in [-0.25, -0.2) is 0 Å². The van der Waals surface area contributed by atoms with Crippen molar-refractivity contribution in [3.63, 3.8) is 0 Å². The summed E-state index contributed by atoms with van der Waals surface area (Å²) in [6, 6.07) is 0. The smallest absolute Gasteiger partial charge is 0.374 e. The minimum absolute atomic E-state index is 0.170. The number of alkyl halides is 3. The van der Waals surface area contributed by atoms with Gasteiger partial charge in [0.15, 0.2) is 0 Å². The molecular weight excluding hydrogens is 297 g/mol. The van der Waals surface area contributed by atoms with Crippen LogP contribution in [0.3, 0.4) is 0 Å². The zero-order valence-corrected chi connectivity index (χ0v) is 12.9. The number of carbonyl (C=O) groups is 1. The molecule has 0 aromatic heterocycles. The van der Waals surface area contributed by atoms with E-state index in [9.17, 15) is 18.0 Å². The molecule has 0 aromatic carbocycles. The Kier molecular flexibility index (Phi) is 6.16. The molecule has 1 aliphatic heterocycles. The van der Waals surface area contributed by atoms with Crippen molar-refractivity contribution in [2.24, 2.45) is 4.99 Å². The van der Waals surface area contributed by atoms with Crippen LogP contribution in [0.15, 0.2) is 28.9 Å². The maximum atomic E-state index is 12.9. The zero-order valence-electron chi connectivity index (χ0n) is 12.9. The quantitative estimate of drug-likeness (QED) is 0.436. The molecule has 1 saturated heterocycles. The van der Waals surface area contributed by atoms with Gasteiger partial charge in [-0.3, -0.25) is 14.7 Å². The van der Waals surface area contributed by atoms with Gasteiger partial charge in [-0.1, -0.05) is 6.58 Å². The van der Waals surface area contributed by atoms with Crippen molar-refractivity contribution < 1.29 is 18.0 Å². The van der Waals surface area contributed by atoms with Crippen LogP contribution >= 0.6 is 0 Å². The Morgan fingerprint density at radius 3 is 2.23 bits per heavy atom. The first kappa shape index (κ1) is 18.2. The molecule has 1 aliphatic rings. The van der Waals surface area contributed by atoms with Crippen LogP contribution < -0.4 is 0 Å². The van der Waals surface area contributed by atoms with E-state index < -0.39 is 17.8 Å². The molecule has 0 bridgehead atoms. The van der Waals surface area contributed by atoms with E-state index >= 15 is 0 Å². The molecule has 0 N–H and O–H groups in total. The Morgan fingerprint density at radius 1 is 1.27 bits per heavy atom. The number of halogens is 3. The normalized spacial score (nSPS) is 17.3. The molecular formula is C14H21F3N4O. The maximum Gasteiger partial charge on any atom is 0.431 e. The first-order valence-corrected chi connectivity index (χ1v) is 6.76. The van der Waals surface area contributed by atoms with Gasteiger partial charge in [0.25, 0.3) is 5.91 Å². The van der Waals surface area contributed by atoms with E-state index in [4.69, 9.17) is 0 Å². The van der Waals surface area contributed by atoms with E-state index in [-0.39, 0.29) is 5.57 Å². The summed E-state index contributed by atoms with van der Waals surface area (Å²) in [6.45, 7) is 9.47. The molecule has 0 aromatic rings. The van der Waals surface area contributed by atoms with Crippen LogP contribution in [0, 0.1) is 0 Å². The molecule has 0 unspecified atom stereocenters. The van der Waals surface area contributed by atoms with Crippen molar-refractivity contribution in [1.29, 1.82) is 0 Å². The number of hydrogen-bond acceptors (Lipinski definition) is 4. The molecule has 0 radical (unpaired) electrons. The minimum Gasteiger partial charge on any atom is -0.374 e. The third kappa shape index (κ3) is 4.87. The number of allylic oxidation sites excluding steroid dienone is 1. The molecule has 22 heavy (non-hydrogen) atoms. The fourth-order valence-corrected chi connectivity index (χ4v) is 2.13. The Morgan fingerprint density at radius 2 is 1.82 bits per heavy atom. The van der Waals surface area contributed by atoms with Crippen LogP contribution in [0.25, 0.3) is 0 Å². The number of aliphatic imine (C=N–C) groups is 1. The monoisotopic (exact) mass is 318 g/mol. The summed E-state index contributed by atoms with van der Waals surface area (Å²) in [7, 11) is 2.55. The zero-order chi connectivity index (χ0) is 16.9. The second kappa shape index (κ2) is 7.44. The van der Waals surface area contributed by atoms with E-state index in [2.05, 4.69) is 18.3 Å². The van der Waals surface area contributed by atoms with Gasteiger partial charge in [-0.05, 0) is 12.8 Å². The summed E-state index contributed by atoms with van der Waals surface area (Å²) in [6.07, 6.45) is -3.74. The number of rotatable bonds is 5. The van der Waals surface area contributed by atoms with E-state index in [1.807, 2.05) is 4.90 Å². The van der Waals surface area contributed by atoms with Crippen LogP contribution in [0.4, 0.5) is 13.2 Å². The number of carbonyl (C=O) groups excluding carboxylic acids is 1. The molecule has 1 amide bonds. The molecule has 0 atom stereocenters. The van der Waals surface area contributed by atoms with Crippen LogP contribution in [0.1, 0.15) is 0 Å². The molecule has 1 heterocycles. The maximum absolute atomic E-state index is 12.9. The Labute approximate surface area is 128 Å². The van der Waals surface area contributed by atoms with Crippen molar-refractivity contribution in [2.75, 3.05) is 46.9 Å². The molecule has 0 saturated carbocycles. The average Bonchev–Trinajstić information content (AvgIpc) is 2.43. The number of hydrogen-bond donors (Lipinski definition) is 0. The minimum atomic E-state index is -4.53. The lowest BCUT2D eigenvalue weighted by Crippen LogP contribution is -2.48. The molecule has 0 aliphatic carbocycles. The molecule has 8 heteroatoms. The summed E-state index contributed by atoms with van der Waals surface area (Å²) >= 11 is 0. The highest BCUT2D eigenvalue weighted by Crippen LogP contribution is 2.28. The topological polar surface area (TPSA) is 39.1 Å². The van der Waals surface area contributed by atoms with Crippen molar-refractivity contribution in [3.8, 4) is 0 Å². The second-order valence-electron chi connectivity index (χ2n) is 5.22. The van der Waals surface area contributed by atoms with Gasteiger partial charge in [-0.2, -0.15) is 13.2 Å². The standard InChI is InChI=1S/C14H21F3N4O/c1-11(9-12(19(3)4)14(15,16)17)13(22)21-7-5-20(6-8-21)10-18-2/h9H,1-2,5-8,10H2,3-4H3/b12-9-. The van der Waals surface area contributed by atoms with Crippen LogP contribution in [0.2, 0.25) is 0 Å². The van der Waals surface area contributed by atoms with Gasteiger partial charge in [0.05, 0.1) is 6.67 Å². The first-order valence-electron chi connectivity index (χ1n) is 6.76. The van der Waals surface area contributed by atoms with E-state index in [0.29, 0.717) is 32.8 Å². The lowest BCUT2D eigenvalue weighted by molar-refractivity contribution is -0.128. The van der Waals surface area contributed by atoms with Crippen LogP contribution in [0.5, 0.6) is 0 Å². The van der Waals surface area contributed by atoms with E-state index in [1.54, 1.807) is 0 Å². The lowest BCUT2D eigenvalue weighted by atomic mass is 10.2. The molecule has 1 fully saturated rings.